The normalized spacial score (nSPS) is 17.1. The maximum absolute atomic E-state index is 13.4. The van der Waals surface area contributed by atoms with E-state index in [1.165, 1.54) is 0 Å². The Hall–Kier alpha value is -3.90. The number of carbonyl (C=O) groups excluding carboxylic acids is 2. The molecule has 0 saturated carbocycles. The van der Waals surface area contributed by atoms with E-state index >= 15 is 0 Å². The maximum Gasteiger partial charge on any atom is 0.295 e. The summed E-state index contributed by atoms with van der Waals surface area (Å²) in [5.74, 6) is -0.714. The number of amides is 1. The molecule has 1 N–H and O–H groups in total. The highest BCUT2D eigenvalue weighted by Gasteiger charge is 2.45. The summed E-state index contributed by atoms with van der Waals surface area (Å²) >= 11 is 0. The molecule has 1 aliphatic rings. The lowest BCUT2D eigenvalue weighted by Crippen LogP contribution is -2.32. The Morgan fingerprint density at radius 3 is 2.25 bits per heavy atom. The van der Waals surface area contributed by atoms with Gasteiger partial charge in [0.2, 0.25) is 0 Å². The zero-order valence-electron chi connectivity index (χ0n) is 24.4. The lowest BCUT2D eigenvalue weighted by Gasteiger charge is -2.27. The number of aliphatic hydroxyl groups excluding tert-OH is 1. The van der Waals surface area contributed by atoms with Crippen LogP contribution < -0.4 is 4.74 Å². The van der Waals surface area contributed by atoms with Gasteiger partial charge in [0, 0.05) is 12.1 Å². The molecular formula is C34H40N2O4. The first-order valence-electron chi connectivity index (χ1n) is 13.8. The second-order valence-corrected chi connectivity index (χ2v) is 11.8. The number of benzene rings is 3. The molecule has 4 rings (SSSR count). The van der Waals surface area contributed by atoms with Crippen molar-refractivity contribution in [1.29, 1.82) is 0 Å². The van der Waals surface area contributed by atoms with Crippen LogP contribution in [0.1, 0.15) is 61.1 Å². The lowest BCUT2D eigenvalue weighted by molar-refractivity contribution is -0.139. The highest BCUT2D eigenvalue weighted by molar-refractivity contribution is 6.46. The highest BCUT2D eigenvalue weighted by atomic mass is 16.5. The van der Waals surface area contributed by atoms with Gasteiger partial charge in [0.15, 0.2) is 0 Å². The third-order valence-electron chi connectivity index (χ3n) is 7.32. The van der Waals surface area contributed by atoms with E-state index in [-0.39, 0.29) is 16.7 Å². The molecule has 0 aromatic heterocycles. The number of ether oxygens (including phenoxy) is 1. The topological polar surface area (TPSA) is 70.1 Å². The molecule has 40 heavy (non-hydrogen) atoms. The van der Waals surface area contributed by atoms with E-state index in [2.05, 4.69) is 20.8 Å². The Morgan fingerprint density at radius 2 is 1.65 bits per heavy atom. The van der Waals surface area contributed by atoms with Crippen LogP contribution in [0.4, 0.5) is 0 Å². The molecule has 0 bridgehead atoms. The third-order valence-corrected chi connectivity index (χ3v) is 7.32. The van der Waals surface area contributed by atoms with E-state index in [1.807, 2.05) is 80.5 Å². The summed E-state index contributed by atoms with van der Waals surface area (Å²) < 4.78 is 6.00. The molecule has 1 fully saturated rings. The van der Waals surface area contributed by atoms with Crippen LogP contribution >= 0.6 is 0 Å². The van der Waals surface area contributed by atoms with Crippen LogP contribution in [0.5, 0.6) is 5.75 Å². The van der Waals surface area contributed by atoms with Gasteiger partial charge < -0.3 is 19.6 Å². The van der Waals surface area contributed by atoms with Crippen molar-refractivity contribution in [3.8, 4) is 5.75 Å². The first-order chi connectivity index (χ1) is 19.0. The Morgan fingerprint density at radius 1 is 0.975 bits per heavy atom. The highest BCUT2D eigenvalue weighted by Crippen LogP contribution is 2.40. The van der Waals surface area contributed by atoms with E-state index in [9.17, 15) is 14.7 Å². The molecular weight excluding hydrogens is 500 g/mol. The molecule has 3 aromatic rings. The van der Waals surface area contributed by atoms with E-state index in [4.69, 9.17) is 4.74 Å². The van der Waals surface area contributed by atoms with E-state index < -0.39 is 17.7 Å². The number of hydrogen-bond acceptors (Lipinski definition) is 5. The third kappa shape index (κ3) is 6.45. The van der Waals surface area contributed by atoms with Gasteiger partial charge in [0.25, 0.3) is 11.7 Å². The van der Waals surface area contributed by atoms with Crippen LogP contribution in [0.15, 0.2) is 78.4 Å². The first kappa shape index (κ1) is 29.1. The van der Waals surface area contributed by atoms with Crippen molar-refractivity contribution >= 4 is 17.4 Å². The minimum Gasteiger partial charge on any atom is -0.507 e. The number of aryl methyl sites for hydroxylation is 1. The molecule has 0 unspecified atom stereocenters. The van der Waals surface area contributed by atoms with Gasteiger partial charge in [0.1, 0.15) is 18.1 Å². The molecule has 1 aliphatic heterocycles. The maximum atomic E-state index is 13.4. The monoisotopic (exact) mass is 540 g/mol. The van der Waals surface area contributed by atoms with E-state index in [0.717, 1.165) is 28.8 Å². The van der Waals surface area contributed by atoms with Gasteiger partial charge in [-0.1, -0.05) is 75.4 Å². The predicted octanol–water partition coefficient (Wildman–Crippen LogP) is 6.24. The Bertz CT molecular complexity index is 1390. The van der Waals surface area contributed by atoms with E-state index in [0.29, 0.717) is 30.9 Å². The standard InChI is InChI=1S/C34H40N2O4/c1-23-21-26(15-18-28(23)40-22-24-11-8-7-9-12-24)31(37)29-30(25-13-16-27(17-14-25)34(2,3)4)36(33(39)32(29)38)20-10-19-35(5)6/h7-9,11-18,21,30,37H,10,19-20,22H2,1-6H3/t30-/m1/s1. The SMILES string of the molecule is Cc1cc(C(O)=C2C(=O)C(=O)N(CCCN(C)C)[C@@H]2c2ccc(C(C)(C)C)cc2)ccc1OCc1ccccc1. The zero-order valence-corrected chi connectivity index (χ0v) is 24.4. The van der Waals surface area contributed by atoms with Gasteiger partial charge in [-0.05, 0) is 79.9 Å². The smallest absolute Gasteiger partial charge is 0.295 e. The molecule has 1 atom stereocenters. The molecule has 0 radical (unpaired) electrons. The Labute approximate surface area is 237 Å². The minimum absolute atomic E-state index is 0.0338. The van der Waals surface area contributed by atoms with Crippen LogP contribution in [0, 0.1) is 6.92 Å². The first-order valence-corrected chi connectivity index (χ1v) is 13.8. The summed E-state index contributed by atoms with van der Waals surface area (Å²) in [6, 6.07) is 22.6. The fourth-order valence-corrected chi connectivity index (χ4v) is 5.03. The van der Waals surface area contributed by atoms with Gasteiger partial charge in [0.05, 0.1) is 11.6 Å². The van der Waals surface area contributed by atoms with Crippen LogP contribution in [0.25, 0.3) is 5.76 Å². The van der Waals surface area contributed by atoms with Crippen LogP contribution in [-0.4, -0.2) is 53.8 Å². The van der Waals surface area contributed by atoms with Crippen molar-refractivity contribution < 1.29 is 19.4 Å². The molecule has 1 amide bonds. The molecule has 1 heterocycles. The van der Waals surface area contributed by atoms with Crippen LogP contribution in [0.2, 0.25) is 0 Å². The number of rotatable bonds is 9. The summed E-state index contributed by atoms with van der Waals surface area (Å²) in [6.45, 7) is 9.95. The average Bonchev–Trinajstić information content (AvgIpc) is 3.17. The summed E-state index contributed by atoms with van der Waals surface area (Å²) in [6.07, 6.45) is 0.712. The second-order valence-electron chi connectivity index (χ2n) is 11.8. The summed E-state index contributed by atoms with van der Waals surface area (Å²) in [5, 5.41) is 11.5. The van der Waals surface area contributed by atoms with Crippen LogP contribution in [0.3, 0.4) is 0 Å². The predicted molar refractivity (Wildman–Crippen MR) is 159 cm³/mol. The number of nitrogens with zero attached hydrogens (tertiary/aromatic N) is 2. The fraction of sp³-hybridized carbons (Fsp3) is 0.353. The van der Waals surface area contributed by atoms with Gasteiger partial charge in [-0.25, -0.2) is 0 Å². The number of carbonyl (C=O) groups is 2. The minimum atomic E-state index is -0.662. The van der Waals surface area contributed by atoms with Gasteiger partial charge >= 0.3 is 0 Å². The summed E-state index contributed by atoms with van der Waals surface area (Å²) in [7, 11) is 3.96. The van der Waals surface area contributed by atoms with Crippen molar-refractivity contribution in [2.24, 2.45) is 0 Å². The quantitative estimate of drug-likeness (QED) is 0.198. The zero-order chi connectivity index (χ0) is 29.0. The largest absolute Gasteiger partial charge is 0.507 e. The molecule has 1 saturated heterocycles. The average molecular weight is 541 g/mol. The molecule has 3 aromatic carbocycles. The Kier molecular flexibility index (Phi) is 8.79. The van der Waals surface area contributed by atoms with E-state index in [1.54, 1.807) is 23.1 Å². The molecule has 0 spiro atoms. The lowest BCUT2D eigenvalue weighted by atomic mass is 9.85. The van der Waals surface area contributed by atoms with Crippen LogP contribution in [-0.2, 0) is 21.6 Å². The summed E-state index contributed by atoms with van der Waals surface area (Å²) in [4.78, 5) is 30.3. The van der Waals surface area contributed by atoms with Crippen molar-refractivity contribution in [2.45, 2.75) is 52.2 Å². The molecule has 6 heteroatoms. The Balaban J connectivity index is 1.70. The van der Waals surface area contributed by atoms with Crippen molar-refractivity contribution in [1.82, 2.24) is 9.80 Å². The number of hydrogen-bond donors (Lipinski definition) is 1. The van der Waals surface area contributed by atoms with Gasteiger partial charge in [-0.15, -0.1) is 0 Å². The second kappa shape index (κ2) is 12.1. The molecule has 6 nitrogen and oxygen atoms in total. The number of Topliss-reactive ketones (excluding diaryl/α,β-unsaturated/α-hetero) is 1. The van der Waals surface area contributed by atoms with Crippen molar-refractivity contribution in [3.05, 3.63) is 106 Å². The summed E-state index contributed by atoms with van der Waals surface area (Å²) in [5.41, 5.74) is 4.41. The molecule has 210 valence electrons. The van der Waals surface area contributed by atoms with Crippen molar-refractivity contribution in [3.63, 3.8) is 0 Å². The van der Waals surface area contributed by atoms with Gasteiger partial charge in [-0.2, -0.15) is 0 Å². The van der Waals surface area contributed by atoms with Crippen molar-refractivity contribution in [2.75, 3.05) is 27.2 Å². The number of ketones is 1. The fourth-order valence-electron chi connectivity index (χ4n) is 5.03. The molecule has 0 aliphatic carbocycles. The number of aliphatic hydroxyl groups is 1. The number of likely N-dealkylation sites (tertiary alicyclic amines) is 1. The van der Waals surface area contributed by atoms with Gasteiger partial charge in [-0.3, -0.25) is 9.59 Å².